The summed E-state index contributed by atoms with van der Waals surface area (Å²) >= 11 is 0. The van der Waals surface area contributed by atoms with E-state index in [4.69, 9.17) is 4.42 Å². The number of sulfonamides is 1. The molecular formula is C22H23N3O5S. The molecule has 0 unspecified atom stereocenters. The molecule has 0 aliphatic carbocycles. The number of hydrogen-bond donors (Lipinski definition) is 2. The van der Waals surface area contributed by atoms with Crippen LogP contribution >= 0.6 is 0 Å². The summed E-state index contributed by atoms with van der Waals surface area (Å²) in [6.07, 6.45) is 1.49. The highest BCUT2D eigenvalue weighted by atomic mass is 32.2. The summed E-state index contributed by atoms with van der Waals surface area (Å²) in [5, 5.41) is 5.16. The van der Waals surface area contributed by atoms with Gasteiger partial charge >= 0.3 is 0 Å². The Kier molecular flexibility index (Phi) is 6.88. The number of carbonyl (C=O) groups excluding carboxylic acids is 2. The molecule has 0 bridgehead atoms. The zero-order valence-electron chi connectivity index (χ0n) is 17.2. The van der Waals surface area contributed by atoms with Crippen LogP contribution < -0.4 is 10.6 Å². The summed E-state index contributed by atoms with van der Waals surface area (Å²) in [6.45, 7) is 1.51. The minimum absolute atomic E-state index is 0.0416. The molecule has 0 spiro atoms. The third-order valence-corrected chi connectivity index (χ3v) is 6.33. The van der Waals surface area contributed by atoms with Crippen LogP contribution in [0.3, 0.4) is 0 Å². The van der Waals surface area contributed by atoms with E-state index in [1.54, 1.807) is 43.4 Å². The fourth-order valence-corrected chi connectivity index (χ4v) is 4.37. The lowest BCUT2D eigenvalue weighted by atomic mass is 10.1. The van der Waals surface area contributed by atoms with Crippen molar-refractivity contribution in [2.45, 2.75) is 24.9 Å². The van der Waals surface area contributed by atoms with Crippen LogP contribution in [0, 0.1) is 0 Å². The third-order valence-electron chi connectivity index (χ3n) is 4.53. The molecule has 0 radical (unpaired) electrons. The molecule has 0 atom stereocenters. The van der Waals surface area contributed by atoms with Crippen LogP contribution in [-0.2, 0) is 27.9 Å². The summed E-state index contributed by atoms with van der Waals surface area (Å²) in [5.74, 6) is 0.0431. The molecule has 8 nitrogen and oxygen atoms in total. The molecule has 2 aromatic carbocycles. The second kappa shape index (κ2) is 9.59. The van der Waals surface area contributed by atoms with Gasteiger partial charge in [-0.3, -0.25) is 9.59 Å². The summed E-state index contributed by atoms with van der Waals surface area (Å²) < 4.78 is 33.4. The van der Waals surface area contributed by atoms with Gasteiger partial charge in [-0.25, -0.2) is 8.42 Å². The van der Waals surface area contributed by atoms with Crippen molar-refractivity contribution in [2.75, 3.05) is 12.4 Å². The van der Waals surface area contributed by atoms with Gasteiger partial charge in [-0.2, -0.15) is 4.31 Å². The average molecular weight is 442 g/mol. The van der Waals surface area contributed by atoms with Gasteiger partial charge in [0.2, 0.25) is 15.9 Å². The third kappa shape index (κ3) is 5.59. The fourth-order valence-electron chi connectivity index (χ4n) is 2.97. The largest absolute Gasteiger partial charge is 0.468 e. The number of nitrogens with zero attached hydrogens (tertiary/aromatic N) is 1. The van der Waals surface area contributed by atoms with Gasteiger partial charge in [0.25, 0.3) is 5.91 Å². The Morgan fingerprint density at radius 3 is 2.19 bits per heavy atom. The number of carbonyl (C=O) groups is 2. The Hall–Kier alpha value is -3.43. The maximum Gasteiger partial charge on any atom is 0.251 e. The highest BCUT2D eigenvalue weighted by Crippen LogP contribution is 2.23. The van der Waals surface area contributed by atoms with E-state index in [2.05, 4.69) is 10.6 Å². The van der Waals surface area contributed by atoms with Crippen LogP contribution in [0.25, 0.3) is 0 Å². The average Bonchev–Trinajstić information content (AvgIpc) is 3.26. The van der Waals surface area contributed by atoms with E-state index in [-0.39, 0.29) is 29.8 Å². The van der Waals surface area contributed by atoms with Crippen molar-refractivity contribution in [3.63, 3.8) is 0 Å². The second-order valence-electron chi connectivity index (χ2n) is 6.83. The molecule has 1 aromatic heterocycles. The van der Waals surface area contributed by atoms with Crippen molar-refractivity contribution in [3.05, 3.63) is 83.8 Å². The molecule has 162 valence electrons. The van der Waals surface area contributed by atoms with Crippen LogP contribution in [-0.4, -0.2) is 31.6 Å². The summed E-state index contributed by atoms with van der Waals surface area (Å²) in [6, 6.07) is 16.1. The quantitative estimate of drug-likeness (QED) is 0.559. The normalized spacial score (nSPS) is 11.3. The molecule has 31 heavy (non-hydrogen) atoms. The Morgan fingerprint density at radius 2 is 1.65 bits per heavy atom. The maximum atomic E-state index is 13.4. The first-order valence-electron chi connectivity index (χ1n) is 9.51. The Morgan fingerprint density at radius 1 is 0.968 bits per heavy atom. The molecule has 3 rings (SSSR count). The lowest BCUT2D eigenvalue weighted by molar-refractivity contribution is -0.114. The fraction of sp³-hybridized carbons (Fsp3) is 0.182. The Balaban J connectivity index is 1.88. The van der Waals surface area contributed by atoms with Gasteiger partial charge in [-0.15, -0.1) is 0 Å². The van der Waals surface area contributed by atoms with Crippen molar-refractivity contribution < 1.29 is 22.4 Å². The van der Waals surface area contributed by atoms with E-state index in [0.717, 1.165) is 5.56 Å². The Bertz CT molecular complexity index is 1140. The van der Waals surface area contributed by atoms with E-state index in [1.165, 1.54) is 41.8 Å². The van der Waals surface area contributed by atoms with Crippen molar-refractivity contribution >= 4 is 27.5 Å². The molecule has 3 aromatic rings. The predicted octanol–water partition coefficient (Wildman–Crippen LogP) is 2.99. The SMILES string of the molecule is CNC(=O)c1ccc(CN(Cc2ccco2)S(=O)(=O)c2ccc(NC(C)=O)cc2)cc1. The van der Waals surface area contributed by atoms with Crippen LogP contribution in [0.1, 0.15) is 28.6 Å². The smallest absolute Gasteiger partial charge is 0.251 e. The number of rotatable bonds is 8. The number of hydrogen-bond acceptors (Lipinski definition) is 5. The van der Waals surface area contributed by atoms with Crippen LogP contribution in [0.4, 0.5) is 5.69 Å². The van der Waals surface area contributed by atoms with Gasteiger partial charge in [0.15, 0.2) is 0 Å². The van der Waals surface area contributed by atoms with Gasteiger partial charge in [-0.1, -0.05) is 12.1 Å². The van der Waals surface area contributed by atoms with Crippen LogP contribution in [0.5, 0.6) is 0 Å². The van der Waals surface area contributed by atoms with Crippen molar-refractivity contribution in [2.24, 2.45) is 0 Å². The first-order valence-corrected chi connectivity index (χ1v) is 10.9. The number of benzene rings is 2. The van der Waals surface area contributed by atoms with Crippen molar-refractivity contribution in [3.8, 4) is 0 Å². The van der Waals surface area contributed by atoms with Crippen molar-refractivity contribution in [1.29, 1.82) is 0 Å². The first kappa shape index (κ1) is 22.3. The number of anilines is 1. The van der Waals surface area contributed by atoms with E-state index in [1.807, 2.05) is 0 Å². The van der Waals surface area contributed by atoms with E-state index in [9.17, 15) is 18.0 Å². The lowest BCUT2D eigenvalue weighted by Crippen LogP contribution is -2.30. The van der Waals surface area contributed by atoms with E-state index in [0.29, 0.717) is 17.0 Å². The molecular weight excluding hydrogens is 418 g/mol. The minimum Gasteiger partial charge on any atom is -0.468 e. The second-order valence-corrected chi connectivity index (χ2v) is 8.77. The van der Waals surface area contributed by atoms with E-state index < -0.39 is 10.0 Å². The minimum atomic E-state index is -3.87. The topological polar surface area (TPSA) is 109 Å². The predicted molar refractivity (Wildman–Crippen MR) is 116 cm³/mol. The zero-order valence-corrected chi connectivity index (χ0v) is 18.0. The number of furan rings is 1. The van der Waals surface area contributed by atoms with Gasteiger partial charge in [0.1, 0.15) is 5.76 Å². The monoisotopic (exact) mass is 441 g/mol. The zero-order chi connectivity index (χ0) is 22.4. The molecule has 2 amide bonds. The number of nitrogens with one attached hydrogen (secondary N) is 2. The summed E-state index contributed by atoms with van der Waals surface area (Å²) in [7, 11) is -2.32. The molecule has 2 N–H and O–H groups in total. The number of amides is 2. The van der Waals surface area contributed by atoms with E-state index >= 15 is 0 Å². The molecule has 0 saturated heterocycles. The summed E-state index contributed by atoms with van der Waals surface area (Å²) in [4.78, 5) is 23.0. The standard InChI is InChI=1S/C22H23N3O5S/c1-16(26)24-19-9-11-21(12-10-19)31(28,29)25(15-20-4-3-13-30-20)14-17-5-7-18(8-6-17)22(27)23-2/h3-13H,14-15H2,1-2H3,(H,23,27)(H,24,26). The Labute approximate surface area is 180 Å². The summed E-state index contributed by atoms with van der Waals surface area (Å²) in [5.41, 5.74) is 1.71. The highest BCUT2D eigenvalue weighted by molar-refractivity contribution is 7.89. The van der Waals surface area contributed by atoms with Gasteiger partial charge in [0, 0.05) is 31.8 Å². The molecule has 1 heterocycles. The van der Waals surface area contributed by atoms with Crippen LogP contribution in [0.15, 0.2) is 76.2 Å². The maximum absolute atomic E-state index is 13.4. The lowest BCUT2D eigenvalue weighted by Gasteiger charge is -2.22. The highest BCUT2D eigenvalue weighted by Gasteiger charge is 2.26. The van der Waals surface area contributed by atoms with Crippen molar-refractivity contribution in [1.82, 2.24) is 9.62 Å². The van der Waals surface area contributed by atoms with Gasteiger partial charge < -0.3 is 15.1 Å². The molecule has 0 fully saturated rings. The van der Waals surface area contributed by atoms with Gasteiger partial charge in [0.05, 0.1) is 17.7 Å². The van der Waals surface area contributed by atoms with Gasteiger partial charge in [-0.05, 0) is 54.1 Å². The molecule has 0 aliphatic rings. The van der Waals surface area contributed by atoms with Crippen LogP contribution in [0.2, 0.25) is 0 Å². The molecule has 9 heteroatoms. The molecule has 0 saturated carbocycles. The first-order chi connectivity index (χ1) is 14.8. The molecule has 0 aliphatic heterocycles.